The number of hydrogen-bond acceptors (Lipinski definition) is 3. The van der Waals surface area contributed by atoms with Gasteiger partial charge in [-0.25, -0.2) is 13.4 Å². The number of aliphatic imine (C=N–C) groups is 1. The van der Waals surface area contributed by atoms with E-state index >= 15 is 0 Å². The van der Waals surface area contributed by atoms with Gasteiger partial charge in [0.15, 0.2) is 15.8 Å². The minimum Gasteiger partial charge on any atom is -0.356 e. The molecule has 0 spiro atoms. The van der Waals surface area contributed by atoms with Crippen molar-refractivity contribution < 1.29 is 8.42 Å². The molecule has 3 rings (SSSR count). The van der Waals surface area contributed by atoms with E-state index in [0.29, 0.717) is 30.6 Å². The molecular formula is C20H32IN3O2S. The molecule has 1 saturated carbocycles. The van der Waals surface area contributed by atoms with Gasteiger partial charge < -0.3 is 10.6 Å². The molecule has 1 aromatic rings. The Morgan fingerprint density at radius 2 is 1.93 bits per heavy atom. The number of rotatable bonds is 5. The van der Waals surface area contributed by atoms with Crippen LogP contribution in [0.1, 0.15) is 48.8 Å². The second kappa shape index (κ2) is 10.1. The van der Waals surface area contributed by atoms with Crippen LogP contribution in [0.5, 0.6) is 0 Å². The highest BCUT2D eigenvalue weighted by Gasteiger charge is 2.28. The highest BCUT2D eigenvalue weighted by atomic mass is 127. The summed E-state index contributed by atoms with van der Waals surface area (Å²) in [5.74, 6) is 1.64. The van der Waals surface area contributed by atoms with Gasteiger partial charge in [0.05, 0.1) is 18.1 Å². The molecule has 1 saturated heterocycles. The smallest absolute Gasteiger partial charge is 0.191 e. The fourth-order valence-corrected chi connectivity index (χ4v) is 5.74. The number of nitrogens with one attached hydrogen (secondary N) is 2. The topological polar surface area (TPSA) is 70.6 Å². The number of nitrogens with zero attached hydrogens (tertiary/aromatic N) is 1. The van der Waals surface area contributed by atoms with E-state index < -0.39 is 9.84 Å². The summed E-state index contributed by atoms with van der Waals surface area (Å²) in [6.07, 6.45) is 5.65. The third-order valence-corrected chi connectivity index (χ3v) is 7.32. The van der Waals surface area contributed by atoms with Gasteiger partial charge in [-0.2, -0.15) is 0 Å². The minimum absolute atomic E-state index is 0. The van der Waals surface area contributed by atoms with Gasteiger partial charge in [0.2, 0.25) is 0 Å². The predicted molar refractivity (Wildman–Crippen MR) is 123 cm³/mol. The van der Waals surface area contributed by atoms with E-state index in [1.807, 2.05) is 0 Å². The van der Waals surface area contributed by atoms with Crippen LogP contribution in [0.3, 0.4) is 0 Å². The van der Waals surface area contributed by atoms with Gasteiger partial charge in [-0.1, -0.05) is 36.6 Å². The average molecular weight is 505 g/mol. The van der Waals surface area contributed by atoms with Crippen LogP contribution < -0.4 is 10.6 Å². The van der Waals surface area contributed by atoms with Crippen LogP contribution in [0.4, 0.5) is 0 Å². The Labute approximate surface area is 180 Å². The van der Waals surface area contributed by atoms with Crippen LogP contribution in [0.25, 0.3) is 0 Å². The zero-order chi connectivity index (χ0) is 18.6. The van der Waals surface area contributed by atoms with Gasteiger partial charge in [-0.3, -0.25) is 0 Å². The quantitative estimate of drug-likeness (QED) is 0.366. The van der Waals surface area contributed by atoms with Crippen LogP contribution in [0.2, 0.25) is 0 Å². The molecule has 0 aromatic heterocycles. The SMILES string of the molecule is Cc1ccc(CN=C(NCC2CCS(=O)(=O)C2)NC2CCCC2)c(C)c1.I. The van der Waals surface area contributed by atoms with Crippen LogP contribution in [0, 0.1) is 19.8 Å². The molecule has 152 valence electrons. The average Bonchev–Trinajstić information content (AvgIpc) is 3.20. The Balaban J connectivity index is 0.00000261. The summed E-state index contributed by atoms with van der Waals surface area (Å²) in [5, 5.41) is 6.95. The van der Waals surface area contributed by atoms with Crippen LogP contribution in [-0.4, -0.2) is 38.5 Å². The molecule has 2 aliphatic rings. The van der Waals surface area contributed by atoms with E-state index in [-0.39, 0.29) is 29.9 Å². The number of aryl methyl sites for hydroxylation is 2. The Hall–Kier alpha value is -0.830. The van der Waals surface area contributed by atoms with E-state index in [0.717, 1.165) is 12.4 Å². The molecule has 1 aromatic carbocycles. The summed E-state index contributed by atoms with van der Waals surface area (Å²) in [4.78, 5) is 4.79. The fourth-order valence-electron chi connectivity index (χ4n) is 3.88. The molecule has 0 radical (unpaired) electrons. The lowest BCUT2D eigenvalue weighted by molar-refractivity contribution is 0.553. The molecule has 1 heterocycles. The molecule has 27 heavy (non-hydrogen) atoms. The zero-order valence-electron chi connectivity index (χ0n) is 16.3. The molecule has 1 aliphatic carbocycles. The second-order valence-corrected chi connectivity index (χ2v) is 10.1. The van der Waals surface area contributed by atoms with Crippen molar-refractivity contribution in [2.45, 2.75) is 58.5 Å². The summed E-state index contributed by atoms with van der Waals surface area (Å²) in [7, 11) is -2.83. The van der Waals surface area contributed by atoms with Crippen molar-refractivity contribution in [1.82, 2.24) is 10.6 Å². The molecule has 1 unspecified atom stereocenters. The van der Waals surface area contributed by atoms with Crippen LogP contribution in [-0.2, 0) is 16.4 Å². The largest absolute Gasteiger partial charge is 0.356 e. The van der Waals surface area contributed by atoms with E-state index in [9.17, 15) is 8.42 Å². The van der Waals surface area contributed by atoms with Crippen molar-refractivity contribution in [2.24, 2.45) is 10.9 Å². The van der Waals surface area contributed by atoms with E-state index in [2.05, 4.69) is 42.7 Å². The summed E-state index contributed by atoms with van der Waals surface area (Å²) in [6, 6.07) is 6.93. The van der Waals surface area contributed by atoms with Gasteiger partial charge in [0.25, 0.3) is 0 Å². The Morgan fingerprint density at radius 1 is 1.19 bits per heavy atom. The Bertz CT molecular complexity index is 758. The molecule has 0 amide bonds. The number of hydrogen-bond donors (Lipinski definition) is 2. The highest BCUT2D eigenvalue weighted by Crippen LogP contribution is 2.19. The second-order valence-electron chi connectivity index (χ2n) is 7.87. The maximum Gasteiger partial charge on any atom is 0.191 e. The van der Waals surface area contributed by atoms with Crippen LogP contribution >= 0.6 is 24.0 Å². The lowest BCUT2D eigenvalue weighted by Gasteiger charge is -2.19. The normalized spacial score (nSPS) is 22.4. The summed E-state index contributed by atoms with van der Waals surface area (Å²) >= 11 is 0. The van der Waals surface area contributed by atoms with Crippen molar-refractivity contribution in [3.63, 3.8) is 0 Å². The third kappa shape index (κ3) is 6.93. The number of benzene rings is 1. The van der Waals surface area contributed by atoms with Gasteiger partial charge in [0.1, 0.15) is 0 Å². The first-order valence-electron chi connectivity index (χ1n) is 9.73. The highest BCUT2D eigenvalue weighted by molar-refractivity contribution is 14.0. The molecule has 1 atom stereocenters. The summed E-state index contributed by atoms with van der Waals surface area (Å²) in [5.41, 5.74) is 3.75. The van der Waals surface area contributed by atoms with Crippen molar-refractivity contribution in [1.29, 1.82) is 0 Å². The van der Waals surface area contributed by atoms with Gasteiger partial charge in [-0.15, -0.1) is 24.0 Å². The molecule has 0 bridgehead atoms. The maximum atomic E-state index is 11.7. The zero-order valence-corrected chi connectivity index (χ0v) is 19.5. The monoisotopic (exact) mass is 505 g/mol. The van der Waals surface area contributed by atoms with Crippen molar-refractivity contribution in [3.05, 3.63) is 34.9 Å². The minimum atomic E-state index is -2.83. The first kappa shape index (κ1) is 22.5. The first-order valence-corrected chi connectivity index (χ1v) is 11.5. The lowest BCUT2D eigenvalue weighted by atomic mass is 10.1. The van der Waals surface area contributed by atoms with Gasteiger partial charge >= 0.3 is 0 Å². The lowest BCUT2D eigenvalue weighted by Crippen LogP contribution is -2.44. The molecule has 2 fully saturated rings. The molecule has 1 aliphatic heterocycles. The van der Waals surface area contributed by atoms with Crippen molar-refractivity contribution >= 4 is 39.8 Å². The molecule has 5 nitrogen and oxygen atoms in total. The maximum absolute atomic E-state index is 11.7. The number of sulfone groups is 1. The van der Waals surface area contributed by atoms with Gasteiger partial charge in [0, 0.05) is 12.6 Å². The van der Waals surface area contributed by atoms with Crippen molar-refractivity contribution in [2.75, 3.05) is 18.1 Å². The first-order chi connectivity index (χ1) is 12.4. The number of guanidine groups is 1. The van der Waals surface area contributed by atoms with Crippen LogP contribution in [0.15, 0.2) is 23.2 Å². The Morgan fingerprint density at radius 3 is 2.56 bits per heavy atom. The van der Waals surface area contributed by atoms with E-state index in [1.165, 1.54) is 42.4 Å². The van der Waals surface area contributed by atoms with E-state index in [1.54, 1.807) is 0 Å². The fraction of sp³-hybridized carbons (Fsp3) is 0.650. The predicted octanol–water partition coefficient (Wildman–Crippen LogP) is 3.33. The van der Waals surface area contributed by atoms with Gasteiger partial charge in [-0.05, 0) is 50.2 Å². The molecular weight excluding hydrogens is 473 g/mol. The van der Waals surface area contributed by atoms with Crippen molar-refractivity contribution in [3.8, 4) is 0 Å². The summed E-state index contributed by atoms with van der Waals surface area (Å²) < 4.78 is 23.3. The third-order valence-electron chi connectivity index (χ3n) is 5.49. The standard InChI is InChI=1S/C20H31N3O2S.HI/c1-15-7-8-18(16(2)11-15)13-22-20(23-19-5-3-4-6-19)21-12-17-9-10-26(24,25)14-17;/h7-8,11,17,19H,3-6,9-10,12-14H2,1-2H3,(H2,21,22,23);1H. The molecule has 7 heteroatoms. The number of halogens is 1. The summed E-state index contributed by atoms with van der Waals surface area (Å²) in [6.45, 7) is 5.53. The molecule has 2 N–H and O–H groups in total. The Kier molecular flexibility index (Phi) is 8.39. The van der Waals surface area contributed by atoms with E-state index in [4.69, 9.17) is 4.99 Å².